The molecule has 0 heterocycles. The molecule has 0 spiro atoms. The first kappa shape index (κ1) is 22.8. The number of benzene rings is 3. The maximum atomic E-state index is 13.4. The summed E-state index contributed by atoms with van der Waals surface area (Å²) in [4.78, 5) is 79.6. The van der Waals surface area contributed by atoms with Crippen molar-refractivity contribution in [2.24, 2.45) is 0 Å². The Labute approximate surface area is 198 Å². The van der Waals surface area contributed by atoms with Crippen molar-refractivity contribution < 1.29 is 24.6 Å². The Morgan fingerprint density at radius 3 is 1.27 bits per heavy atom. The van der Waals surface area contributed by atoms with E-state index in [9.17, 15) is 60.2 Å². The number of hydrogen-bond donors (Lipinski definition) is 0. The maximum Gasteiger partial charge on any atom is 0.285 e. The molecule has 0 aliphatic carbocycles. The van der Waals surface area contributed by atoms with E-state index in [0.29, 0.717) is 30.3 Å². The number of rotatable bonds is 5. The largest absolute Gasteiger partial charge is 0.289 e. The third-order valence-corrected chi connectivity index (χ3v) is 5.99. The molecule has 0 saturated heterocycles. The first-order chi connectivity index (χ1) is 17.3. The Hall–Kier alpha value is -6.00. The van der Waals surface area contributed by atoms with Gasteiger partial charge < -0.3 is 0 Å². The molecule has 0 amide bonds. The van der Waals surface area contributed by atoms with Crippen LogP contribution in [0, 0.1) is 50.6 Å². The molecule has 17 heteroatoms. The second-order valence-corrected chi connectivity index (χ2v) is 7.79. The molecule has 5 rings (SSSR count). The summed E-state index contributed by atoms with van der Waals surface area (Å²) in [7, 11) is 0. The van der Waals surface area contributed by atoms with Crippen LogP contribution in [0.4, 0.5) is 28.4 Å². The van der Waals surface area contributed by atoms with Crippen molar-refractivity contribution in [2.75, 3.05) is 0 Å². The van der Waals surface area contributed by atoms with E-state index in [1.807, 2.05) is 0 Å². The van der Waals surface area contributed by atoms with Crippen LogP contribution in [0.3, 0.4) is 0 Å². The summed E-state index contributed by atoms with van der Waals surface area (Å²) in [5, 5.41) is 53.2. The van der Waals surface area contributed by atoms with Gasteiger partial charge in [0.15, 0.2) is 10.9 Å². The van der Waals surface area contributed by atoms with E-state index in [4.69, 9.17) is 0 Å². The highest BCUT2D eigenvalue weighted by Gasteiger charge is 2.34. The molecule has 0 fully saturated rings. The van der Waals surface area contributed by atoms with Crippen LogP contribution in [0.15, 0.2) is 39.9 Å². The molecule has 0 aromatic heterocycles. The number of fused-ring (bicyclic) bond motifs is 7. The van der Waals surface area contributed by atoms with Crippen molar-refractivity contribution in [3.8, 4) is 0 Å². The molecule has 0 aliphatic heterocycles. The lowest BCUT2D eigenvalue weighted by Gasteiger charge is -2.00. The summed E-state index contributed by atoms with van der Waals surface area (Å²) < 4.78 is 0. The summed E-state index contributed by atoms with van der Waals surface area (Å²) in [6.45, 7) is 0. The second-order valence-electron chi connectivity index (χ2n) is 7.79. The summed E-state index contributed by atoms with van der Waals surface area (Å²) in [5.41, 5.74) is -6.91. The minimum atomic E-state index is -1.20. The standard InChI is InChI=1S/C20H5N5O12/c26-19-9-1-6(21(28)29)3-11(23(32)33)14(9)8-5-13(25(36)37)17-15-10(20(27)18(17)16(8)19)2-7(22(30)31)4-12(15)24(34)35/h1-5H. The van der Waals surface area contributed by atoms with Crippen LogP contribution >= 0.6 is 0 Å². The number of nitro benzene ring substituents is 5. The SMILES string of the molecule is O=c1c2cc([N+](=O)[O-])cc([N+](=O)[O-])c2c2cc([N+](=O)[O-])c3c4c([N+](=O)[O-])cc([N+](=O)[O-])cc4c(=O)c3c12. The summed E-state index contributed by atoms with van der Waals surface area (Å²) >= 11 is 0. The molecule has 0 atom stereocenters. The van der Waals surface area contributed by atoms with Crippen LogP contribution in [0.25, 0.3) is 43.1 Å². The van der Waals surface area contributed by atoms with Crippen molar-refractivity contribution in [2.45, 2.75) is 0 Å². The van der Waals surface area contributed by atoms with Gasteiger partial charge in [-0.3, -0.25) is 60.2 Å². The molecule has 182 valence electrons. The van der Waals surface area contributed by atoms with Gasteiger partial charge in [0.25, 0.3) is 28.4 Å². The number of non-ortho nitro benzene ring substituents is 5. The third-order valence-electron chi connectivity index (χ3n) is 5.99. The molecule has 0 unspecified atom stereocenters. The molecule has 0 bridgehead atoms. The van der Waals surface area contributed by atoms with Crippen LogP contribution in [0.5, 0.6) is 0 Å². The van der Waals surface area contributed by atoms with Crippen LogP contribution in [0.1, 0.15) is 0 Å². The number of nitro groups is 5. The summed E-state index contributed by atoms with van der Waals surface area (Å²) in [5.74, 6) is 0. The Morgan fingerprint density at radius 2 is 0.811 bits per heavy atom. The van der Waals surface area contributed by atoms with E-state index in [-0.39, 0.29) is 0 Å². The summed E-state index contributed by atoms with van der Waals surface area (Å²) in [6, 6.07) is 3.14. The van der Waals surface area contributed by atoms with Crippen molar-refractivity contribution in [3.63, 3.8) is 0 Å². The highest BCUT2D eigenvalue weighted by molar-refractivity contribution is 6.32. The molecule has 5 aromatic rings. The summed E-state index contributed by atoms with van der Waals surface area (Å²) in [6.07, 6.45) is 0. The fraction of sp³-hybridized carbons (Fsp3) is 0. The van der Waals surface area contributed by atoms with Gasteiger partial charge in [0.1, 0.15) is 0 Å². The normalized spacial score (nSPS) is 11.5. The van der Waals surface area contributed by atoms with Crippen LogP contribution in [0.2, 0.25) is 0 Å². The van der Waals surface area contributed by atoms with Crippen molar-refractivity contribution in [3.05, 3.63) is 101 Å². The highest BCUT2D eigenvalue weighted by atomic mass is 16.6. The van der Waals surface area contributed by atoms with Gasteiger partial charge in [0.05, 0.1) is 52.9 Å². The highest BCUT2D eigenvalue weighted by Crippen LogP contribution is 2.45. The number of hydrogen-bond acceptors (Lipinski definition) is 12. The van der Waals surface area contributed by atoms with Crippen LogP contribution in [-0.4, -0.2) is 24.6 Å². The van der Waals surface area contributed by atoms with Gasteiger partial charge in [0.2, 0.25) is 0 Å². The Kier molecular flexibility index (Phi) is 4.46. The fourth-order valence-corrected chi connectivity index (χ4v) is 4.62. The molecule has 0 aliphatic rings. The topological polar surface area (TPSA) is 250 Å². The third kappa shape index (κ3) is 2.90. The molecule has 5 aromatic carbocycles. The van der Waals surface area contributed by atoms with Gasteiger partial charge in [-0.2, -0.15) is 0 Å². The van der Waals surface area contributed by atoms with Gasteiger partial charge in [-0.05, 0) is 0 Å². The van der Waals surface area contributed by atoms with E-state index in [1.165, 1.54) is 0 Å². The molecular formula is C20H5N5O12. The first-order valence-electron chi connectivity index (χ1n) is 9.74. The monoisotopic (exact) mass is 507 g/mol. The van der Waals surface area contributed by atoms with E-state index < -0.39 is 107 Å². The zero-order chi connectivity index (χ0) is 27.1. The smallest absolute Gasteiger partial charge is 0.285 e. The number of nitrogens with zero attached hydrogens (tertiary/aromatic N) is 5. The Balaban J connectivity index is 2.20. The fourth-order valence-electron chi connectivity index (χ4n) is 4.62. The second kappa shape index (κ2) is 7.25. The molecule has 0 N–H and O–H groups in total. The van der Waals surface area contributed by atoms with Crippen LogP contribution in [-0.2, 0) is 0 Å². The van der Waals surface area contributed by atoms with Gasteiger partial charge >= 0.3 is 0 Å². The van der Waals surface area contributed by atoms with E-state index in [0.717, 1.165) is 0 Å². The Morgan fingerprint density at radius 1 is 0.405 bits per heavy atom. The predicted molar refractivity (Wildman–Crippen MR) is 125 cm³/mol. The predicted octanol–water partition coefficient (Wildman–Crippen LogP) is 3.44. The zero-order valence-corrected chi connectivity index (χ0v) is 17.5. The van der Waals surface area contributed by atoms with Crippen molar-refractivity contribution >= 4 is 71.5 Å². The minimum Gasteiger partial charge on any atom is -0.289 e. The van der Waals surface area contributed by atoms with Gasteiger partial charge in [-0.1, -0.05) is 0 Å². The van der Waals surface area contributed by atoms with Crippen molar-refractivity contribution in [1.82, 2.24) is 0 Å². The van der Waals surface area contributed by atoms with Gasteiger partial charge in [0, 0.05) is 45.1 Å². The molecule has 17 nitrogen and oxygen atoms in total. The lowest BCUT2D eigenvalue weighted by Crippen LogP contribution is -2.02. The quantitative estimate of drug-likeness (QED) is 0.245. The molecule has 37 heavy (non-hydrogen) atoms. The first-order valence-corrected chi connectivity index (χ1v) is 9.74. The minimum absolute atomic E-state index is 0.453. The van der Waals surface area contributed by atoms with Gasteiger partial charge in [-0.25, -0.2) is 0 Å². The van der Waals surface area contributed by atoms with Crippen LogP contribution < -0.4 is 10.9 Å². The average Bonchev–Trinajstić information content (AvgIpc) is 3.28. The average molecular weight is 507 g/mol. The van der Waals surface area contributed by atoms with E-state index in [1.54, 1.807) is 0 Å². The Bertz CT molecular complexity index is 2070. The lowest BCUT2D eigenvalue weighted by molar-refractivity contribution is -0.393. The van der Waals surface area contributed by atoms with E-state index in [2.05, 4.69) is 0 Å². The van der Waals surface area contributed by atoms with Gasteiger partial charge in [-0.15, -0.1) is 0 Å². The lowest BCUT2D eigenvalue weighted by atomic mass is 10.0. The molecular weight excluding hydrogens is 502 g/mol. The molecule has 0 saturated carbocycles. The maximum absolute atomic E-state index is 13.4. The molecule has 0 radical (unpaired) electrons. The van der Waals surface area contributed by atoms with E-state index >= 15 is 0 Å². The zero-order valence-electron chi connectivity index (χ0n) is 17.5. The van der Waals surface area contributed by atoms with Crippen molar-refractivity contribution in [1.29, 1.82) is 0 Å².